The molecule has 0 aromatic carbocycles. The summed E-state index contributed by atoms with van der Waals surface area (Å²) in [6.07, 6.45) is 6.29. The first-order chi connectivity index (χ1) is 8.81. The van der Waals surface area contributed by atoms with E-state index in [-0.39, 0.29) is 11.9 Å². The molecule has 2 fully saturated rings. The molecule has 0 radical (unpaired) electrons. The molecule has 4 heteroatoms. The van der Waals surface area contributed by atoms with Gasteiger partial charge in [0.25, 0.3) is 0 Å². The van der Waals surface area contributed by atoms with E-state index in [1.54, 1.807) is 0 Å². The molecule has 0 aromatic rings. The maximum atomic E-state index is 12.0. The van der Waals surface area contributed by atoms with Crippen LogP contribution < -0.4 is 5.32 Å². The van der Waals surface area contributed by atoms with Crippen molar-refractivity contribution in [3.05, 3.63) is 0 Å². The Morgan fingerprint density at radius 1 is 1.28 bits per heavy atom. The maximum Gasteiger partial charge on any atom is 0.310 e. The van der Waals surface area contributed by atoms with Gasteiger partial charge in [-0.3, -0.25) is 9.69 Å². The molecule has 104 valence electrons. The molecule has 1 aliphatic heterocycles. The number of esters is 1. The Morgan fingerprint density at radius 2 is 1.94 bits per heavy atom. The van der Waals surface area contributed by atoms with E-state index in [0.717, 1.165) is 32.7 Å². The molecule has 1 heterocycles. The number of carbonyl (C=O) groups is 1. The van der Waals surface area contributed by atoms with Crippen molar-refractivity contribution in [3.63, 3.8) is 0 Å². The third kappa shape index (κ3) is 3.69. The van der Waals surface area contributed by atoms with Gasteiger partial charge in [-0.25, -0.2) is 0 Å². The Hall–Kier alpha value is -0.610. The summed E-state index contributed by atoms with van der Waals surface area (Å²) in [5, 5.41) is 3.35. The summed E-state index contributed by atoms with van der Waals surface area (Å²) in [7, 11) is 1.52. The second kappa shape index (κ2) is 7.10. The summed E-state index contributed by atoms with van der Waals surface area (Å²) in [6.45, 7) is 5.08. The van der Waals surface area contributed by atoms with Crippen LogP contribution in [0.2, 0.25) is 0 Å². The fourth-order valence-corrected chi connectivity index (χ4v) is 3.28. The zero-order chi connectivity index (χ0) is 12.8. The van der Waals surface area contributed by atoms with Gasteiger partial charge in [0, 0.05) is 32.7 Å². The molecule has 0 spiro atoms. The number of hydrogen-bond acceptors (Lipinski definition) is 4. The number of ether oxygens (including phenoxy) is 1. The lowest BCUT2D eigenvalue weighted by Gasteiger charge is -2.34. The van der Waals surface area contributed by atoms with E-state index in [4.69, 9.17) is 4.74 Å². The van der Waals surface area contributed by atoms with E-state index in [2.05, 4.69) is 10.2 Å². The summed E-state index contributed by atoms with van der Waals surface area (Å²) < 4.78 is 5.03. The lowest BCUT2D eigenvalue weighted by molar-refractivity contribution is -0.148. The quantitative estimate of drug-likeness (QED) is 0.767. The third-order valence-corrected chi connectivity index (χ3v) is 4.39. The van der Waals surface area contributed by atoms with Gasteiger partial charge in [0.15, 0.2) is 0 Å². The highest BCUT2D eigenvalue weighted by atomic mass is 16.5. The number of methoxy groups -OCH3 is 1. The molecule has 1 saturated heterocycles. The second-order valence-corrected chi connectivity index (χ2v) is 5.58. The van der Waals surface area contributed by atoms with Crippen molar-refractivity contribution in [2.24, 2.45) is 11.8 Å². The highest BCUT2D eigenvalue weighted by molar-refractivity contribution is 5.72. The Kier molecular flexibility index (Phi) is 5.45. The average Bonchev–Trinajstić information content (AvgIpc) is 2.46. The molecule has 1 aliphatic carbocycles. The second-order valence-electron chi connectivity index (χ2n) is 5.58. The van der Waals surface area contributed by atoms with Crippen molar-refractivity contribution >= 4 is 5.97 Å². The number of piperazine rings is 1. The molecule has 2 aliphatic rings. The third-order valence-electron chi connectivity index (χ3n) is 4.39. The van der Waals surface area contributed by atoms with Gasteiger partial charge in [-0.2, -0.15) is 0 Å². The van der Waals surface area contributed by atoms with Gasteiger partial charge in [0.2, 0.25) is 0 Å². The van der Waals surface area contributed by atoms with Crippen molar-refractivity contribution in [1.29, 1.82) is 0 Å². The smallest absolute Gasteiger partial charge is 0.310 e. The molecular formula is C14H26N2O2. The van der Waals surface area contributed by atoms with E-state index >= 15 is 0 Å². The minimum absolute atomic E-state index is 0.000401. The molecule has 18 heavy (non-hydrogen) atoms. The summed E-state index contributed by atoms with van der Waals surface area (Å²) in [5.74, 6) is 0.634. The number of hydrogen-bond donors (Lipinski definition) is 1. The van der Waals surface area contributed by atoms with Crippen molar-refractivity contribution in [2.45, 2.75) is 32.1 Å². The molecule has 0 bridgehead atoms. The fourth-order valence-electron chi connectivity index (χ4n) is 3.28. The summed E-state index contributed by atoms with van der Waals surface area (Å²) in [5.41, 5.74) is 0. The number of nitrogens with one attached hydrogen (secondary N) is 1. The van der Waals surface area contributed by atoms with Crippen molar-refractivity contribution in [3.8, 4) is 0 Å². The number of nitrogens with zero attached hydrogens (tertiary/aromatic N) is 1. The lowest BCUT2D eigenvalue weighted by atomic mass is 9.79. The zero-order valence-electron chi connectivity index (χ0n) is 11.5. The Labute approximate surface area is 110 Å². The van der Waals surface area contributed by atoms with E-state index in [1.807, 2.05) is 0 Å². The van der Waals surface area contributed by atoms with E-state index in [1.165, 1.54) is 39.2 Å². The standard InChI is InChI=1S/C14H26N2O2/c1-18-14(17)13(12-5-3-2-4-6-12)11-16-9-7-15-8-10-16/h12-13,15H,2-11H2,1H3. The van der Waals surface area contributed by atoms with Crippen LogP contribution in [0.4, 0.5) is 0 Å². The van der Waals surface area contributed by atoms with E-state index in [0.29, 0.717) is 5.92 Å². The first-order valence-electron chi connectivity index (χ1n) is 7.32. The van der Waals surface area contributed by atoms with Crippen LogP contribution in [-0.4, -0.2) is 50.7 Å². The first kappa shape index (κ1) is 13.8. The van der Waals surface area contributed by atoms with Gasteiger partial charge < -0.3 is 10.1 Å². The topological polar surface area (TPSA) is 41.6 Å². The minimum atomic E-state index is 0.000401. The lowest BCUT2D eigenvalue weighted by Crippen LogP contribution is -2.47. The van der Waals surface area contributed by atoms with Crippen LogP contribution in [0.1, 0.15) is 32.1 Å². The van der Waals surface area contributed by atoms with Gasteiger partial charge in [-0.15, -0.1) is 0 Å². The van der Waals surface area contributed by atoms with Crippen LogP contribution in [-0.2, 0) is 9.53 Å². The highest BCUT2D eigenvalue weighted by Crippen LogP contribution is 2.31. The van der Waals surface area contributed by atoms with Crippen LogP contribution in [0.25, 0.3) is 0 Å². The summed E-state index contributed by atoms with van der Waals surface area (Å²) in [6, 6.07) is 0. The predicted molar refractivity (Wildman–Crippen MR) is 71.4 cm³/mol. The van der Waals surface area contributed by atoms with Gasteiger partial charge in [0.05, 0.1) is 13.0 Å². The SMILES string of the molecule is COC(=O)C(CN1CCNCC1)C1CCCCC1. The summed E-state index contributed by atoms with van der Waals surface area (Å²) >= 11 is 0. The maximum absolute atomic E-state index is 12.0. The zero-order valence-corrected chi connectivity index (χ0v) is 11.5. The van der Waals surface area contributed by atoms with Crippen molar-refractivity contribution in [2.75, 3.05) is 39.8 Å². The summed E-state index contributed by atoms with van der Waals surface area (Å²) in [4.78, 5) is 14.4. The van der Waals surface area contributed by atoms with Crippen LogP contribution in [0.15, 0.2) is 0 Å². The van der Waals surface area contributed by atoms with Gasteiger partial charge in [0.1, 0.15) is 0 Å². The highest BCUT2D eigenvalue weighted by Gasteiger charge is 2.32. The first-order valence-corrected chi connectivity index (χ1v) is 7.32. The molecule has 1 unspecified atom stereocenters. The molecule has 1 N–H and O–H groups in total. The monoisotopic (exact) mass is 254 g/mol. The fraction of sp³-hybridized carbons (Fsp3) is 0.929. The Balaban J connectivity index is 1.92. The molecule has 1 atom stereocenters. The van der Waals surface area contributed by atoms with E-state index in [9.17, 15) is 4.79 Å². The Bertz CT molecular complexity index is 259. The normalized spacial score (nSPS) is 24.7. The van der Waals surface area contributed by atoms with Crippen LogP contribution in [0.5, 0.6) is 0 Å². The number of rotatable bonds is 4. The van der Waals surface area contributed by atoms with Crippen molar-refractivity contribution in [1.82, 2.24) is 10.2 Å². The molecule has 4 nitrogen and oxygen atoms in total. The van der Waals surface area contributed by atoms with Gasteiger partial charge >= 0.3 is 5.97 Å². The predicted octanol–water partition coefficient (Wildman–Crippen LogP) is 1.26. The Morgan fingerprint density at radius 3 is 2.56 bits per heavy atom. The van der Waals surface area contributed by atoms with Crippen LogP contribution >= 0.6 is 0 Å². The van der Waals surface area contributed by atoms with E-state index < -0.39 is 0 Å². The number of carbonyl (C=O) groups excluding carboxylic acids is 1. The van der Waals surface area contributed by atoms with Crippen molar-refractivity contribution < 1.29 is 9.53 Å². The molecule has 0 amide bonds. The average molecular weight is 254 g/mol. The van der Waals surface area contributed by atoms with Crippen LogP contribution in [0, 0.1) is 11.8 Å². The molecular weight excluding hydrogens is 228 g/mol. The molecule has 0 aromatic heterocycles. The van der Waals surface area contributed by atoms with Gasteiger partial charge in [-0.1, -0.05) is 19.3 Å². The molecule has 2 rings (SSSR count). The molecule has 1 saturated carbocycles. The van der Waals surface area contributed by atoms with Crippen LogP contribution in [0.3, 0.4) is 0 Å². The van der Waals surface area contributed by atoms with Gasteiger partial charge in [-0.05, 0) is 18.8 Å². The minimum Gasteiger partial charge on any atom is -0.469 e. The largest absolute Gasteiger partial charge is 0.469 e.